The standard InChI is InChI=1S/C20H15N3O3S/c1-12-16(27-19(21-12)13-7-3-2-4-8-13)11-26-20(25)17-14-9-5-6-10-15(14)18(24)23-22-17/h2-10H,11H2,1H3,(H,23,24). The summed E-state index contributed by atoms with van der Waals surface area (Å²) in [5.41, 5.74) is 1.60. The quantitative estimate of drug-likeness (QED) is 0.548. The van der Waals surface area contributed by atoms with Crippen LogP contribution in [0.4, 0.5) is 0 Å². The molecule has 0 spiro atoms. The maximum atomic E-state index is 12.5. The number of thiazole rings is 1. The van der Waals surface area contributed by atoms with E-state index in [0.29, 0.717) is 10.8 Å². The van der Waals surface area contributed by atoms with Crippen molar-refractivity contribution in [1.29, 1.82) is 0 Å². The maximum Gasteiger partial charge on any atom is 0.359 e. The van der Waals surface area contributed by atoms with Crippen LogP contribution >= 0.6 is 11.3 Å². The molecule has 4 rings (SSSR count). The van der Waals surface area contributed by atoms with Crippen molar-refractivity contribution in [3.05, 3.63) is 81.2 Å². The smallest absolute Gasteiger partial charge is 0.359 e. The van der Waals surface area contributed by atoms with Gasteiger partial charge in [-0.05, 0) is 13.0 Å². The summed E-state index contributed by atoms with van der Waals surface area (Å²) < 4.78 is 5.44. The molecule has 4 aromatic rings. The van der Waals surface area contributed by atoms with Gasteiger partial charge in [0.2, 0.25) is 0 Å². The second kappa shape index (κ2) is 7.13. The summed E-state index contributed by atoms with van der Waals surface area (Å²) in [4.78, 5) is 29.8. The van der Waals surface area contributed by atoms with Crippen LogP contribution in [0.2, 0.25) is 0 Å². The molecule has 0 saturated carbocycles. The van der Waals surface area contributed by atoms with Crippen LogP contribution in [0.15, 0.2) is 59.4 Å². The predicted molar refractivity (Wildman–Crippen MR) is 104 cm³/mol. The molecule has 0 saturated heterocycles. The number of H-pyrrole nitrogens is 1. The second-order valence-corrected chi connectivity index (χ2v) is 7.00. The van der Waals surface area contributed by atoms with Gasteiger partial charge in [0.25, 0.3) is 5.56 Å². The first kappa shape index (κ1) is 17.1. The first-order valence-electron chi connectivity index (χ1n) is 8.30. The Morgan fingerprint density at radius 3 is 2.56 bits per heavy atom. The van der Waals surface area contributed by atoms with Crippen LogP contribution in [-0.4, -0.2) is 21.2 Å². The average Bonchev–Trinajstić information content (AvgIpc) is 3.08. The average molecular weight is 377 g/mol. The van der Waals surface area contributed by atoms with E-state index in [1.54, 1.807) is 24.3 Å². The Bertz CT molecular complexity index is 1180. The molecule has 2 heterocycles. The summed E-state index contributed by atoms with van der Waals surface area (Å²) in [7, 11) is 0. The zero-order valence-electron chi connectivity index (χ0n) is 14.4. The van der Waals surface area contributed by atoms with E-state index >= 15 is 0 Å². The van der Waals surface area contributed by atoms with Gasteiger partial charge in [-0.1, -0.05) is 48.5 Å². The van der Waals surface area contributed by atoms with Gasteiger partial charge in [0.05, 0.1) is 16.0 Å². The Balaban J connectivity index is 1.56. The highest BCUT2D eigenvalue weighted by molar-refractivity contribution is 7.15. The number of hydrogen-bond acceptors (Lipinski definition) is 6. The van der Waals surface area contributed by atoms with E-state index in [0.717, 1.165) is 21.1 Å². The molecule has 0 fully saturated rings. The highest BCUT2D eigenvalue weighted by atomic mass is 32.1. The Morgan fingerprint density at radius 1 is 1.07 bits per heavy atom. The fourth-order valence-electron chi connectivity index (χ4n) is 2.74. The number of carbonyl (C=O) groups is 1. The lowest BCUT2D eigenvalue weighted by molar-refractivity contribution is 0.0470. The van der Waals surface area contributed by atoms with Crippen LogP contribution in [0.25, 0.3) is 21.3 Å². The molecule has 2 aromatic heterocycles. The molecule has 0 bridgehead atoms. The Hall–Kier alpha value is -3.32. The molecule has 1 N–H and O–H groups in total. The topological polar surface area (TPSA) is 84.9 Å². The monoisotopic (exact) mass is 377 g/mol. The van der Waals surface area contributed by atoms with Crippen molar-refractivity contribution in [2.75, 3.05) is 0 Å². The lowest BCUT2D eigenvalue weighted by atomic mass is 10.1. The van der Waals surface area contributed by atoms with Gasteiger partial charge in [0.15, 0.2) is 5.69 Å². The zero-order valence-corrected chi connectivity index (χ0v) is 15.2. The molecule has 0 aliphatic rings. The van der Waals surface area contributed by atoms with E-state index in [-0.39, 0.29) is 17.9 Å². The number of rotatable bonds is 4. The zero-order chi connectivity index (χ0) is 18.8. The SMILES string of the molecule is Cc1nc(-c2ccccc2)sc1COC(=O)c1n[nH]c(=O)c2ccccc12. The van der Waals surface area contributed by atoms with E-state index in [1.165, 1.54) is 11.3 Å². The first-order chi connectivity index (χ1) is 13.1. The number of carbonyl (C=O) groups excluding carboxylic acids is 1. The molecule has 6 nitrogen and oxygen atoms in total. The second-order valence-electron chi connectivity index (χ2n) is 5.92. The summed E-state index contributed by atoms with van der Waals surface area (Å²) >= 11 is 1.49. The summed E-state index contributed by atoms with van der Waals surface area (Å²) in [6.45, 7) is 1.99. The fraction of sp³-hybridized carbons (Fsp3) is 0.100. The number of benzene rings is 2. The number of aryl methyl sites for hydroxylation is 1. The van der Waals surface area contributed by atoms with Crippen LogP contribution in [0, 0.1) is 6.92 Å². The molecule has 134 valence electrons. The van der Waals surface area contributed by atoms with Crippen molar-refractivity contribution in [3.63, 3.8) is 0 Å². The summed E-state index contributed by atoms with van der Waals surface area (Å²) in [5, 5.41) is 7.97. The van der Waals surface area contributed by atoms with E-state index in [9.17, 15) is 9.59 Å². The van der Waals surface area contributed by atoms with Gasteiger partial charge in [0.1, 0.15) is 11.6 Å². The third-order valence-corrected chi connectivity index (χ3v) is 5.32. The van der Waals surface area contributed by atoms with Crippen LogP contribution in [0.3, 0.4) is 0 Å². The van der Waals surface area contributed by atoms with E-state index in [2.05, 4.69) is 15.2 Å². The van der Waals surface area contributed by atoms with Crippen LogP contribution in [0.1, 0.15) is 21.1 Å². The first-order valence-corrected chi connectivity index (χ1v) is 9.11. The van der Waals surface area contributed by atoms with Gasteiger partial charge in [-0.3, -0.25) is 4.79 Å². The van der Waals surface area contributed by atoms with Crippen molar-refractivity contribution in [3.8, 4) is 10.6 Å². The minimum absolute atomic E-state index is 0.0932. The van der Waals surface area contributed by atoms with E-state index < -0.39 is 5.97 Å². The highest BCUT2D eigenvalue weighted by Crippen LogP contribution is 2.28. The summed E-state index contributed by atoms with van der Waals surface area (Å²) in [6.07, 6.45) is 0. The number of nitrogens with one attached hydrogen (secondary N) is 1. The lowest BCUT2D eigenvalue weighted by Gasteiger charge is -2.05. The minimum atomic E-state index is -0.587. The number of aromatic amines is 1. The number of hydrogen-bond donors (Lipinski definition) is 1. The lowest BCUT2D eigenvalue weighted by Crippen LogP contribution is -2.16. The van der Waals surface area contributed by atoms with Crippen molar-refractivity contribution < 1.29 is 9.53 Å². The molecule has 2 aromatic carbocycles. The van der Waals surface area contributed by atoms with Crippen LogP contribution in [-0.2, 0) is 11.3 Å². The highest BCUT2D eigenvalue weighted by Gasteiger charge is 2.17. The third-order valence-electron chi connectivity index (χ3n) is 4.14. The van der Waals surface area contributed by atoms with Gasteiger partial charge < -0.3 is 4.74 Å². The van der Waals surface area contributed by atoms with Crippen LogP contribution in [0.5, 0.6) is 0 Å². The minimum Gasteiger partial charge on any atom is -0.455 e. The number of esters is 1. The molecule has 0 radical (unpaired) electrons. The van der Waals surface area contributed by atoms with E-state index in [4.69, 9.17) is 4.74 Å². The summed E-state index contributed by atoms with van der Waals surface area (Å²) in [6, 6.07) is 16.7. The van der Waals surface area contributed by atoms with E-state index in [1.807, 2.05) is 37.3 Å². The number of aromatic nitrogens is 3. The Morgan fingerprint density at radius 2 is 1.78 bits per heavy atom. The third kappa shape index (κ3) is 3.37. The van der Waals surface area contributed by atoms with Crippen molar-refractivity contribution in [2.24, 2.45) is 0 Å². The Labute approximate surface area is 158 Å². The molecular formula is C20H15N3O3S. The molecule has 27 heavy (non-hydrogen) atoms. The molecule has 7 heteroatoms. The van der Waals surface area contributed by atoms with Gasteiger partial charge >= 0.3 is 5.97 Å². The summed E-state index contributed by atoms with van der Waals surface area (Å²) in [5.74, 6) is -0.587. The van der Waals surface area contributed by atoms with Gasteiger partial charge in [-0.2, -0.15) is 5.10 Å². The molecule has 0 amide bonds. The molecule has 0 unspecified atom stereocenters. The number of fused-ring (bicyclic) bond motifs is 1. The predicted octanol–water partition coefficient (Wildman–Crippen LogP) is 3.71. The molecule has 0 atom stereocenters. The molecular weight excluding hydrogens is 362 g/mol. The largest absolute Gasteiger partial charge is 0.455 e. The van der Waals surface area contributed by atoms with Gasteiger partial charge in [-0.25, -0.2) is 14.9 Å². The number of nitrogens with zero attached hydrogens (tertiary/aromatic N) is 2. The fourth-order valence-corrected chi connectivity index (χ4v) is 3.72. The van der Waals surface area contributed by atoms with Crippen LogP contribution < -0.4 is 5.56 Å². The molecule has 0 aliphatic heterocycles. The van der Waals surface area contributed by atoms with Gasteiger partial charge in [-0.15, -0.1) is 11.3 Å². The normalized spacial score (nSPS) is 10.9. The van der Waals surface area contributed by atoms with Crippen molar-refractivity contribution in [2.45, 2.75) is 13.5 Å². The maximum absolute atomic E-state index is 12.5. The van der Waals surface area contributed by atoms with Crippen molar-refractivity contribution >= 4 is 28.1 Å². The Kier molecular flexibility index (Phi) is 4.52. The number of ether oxygens (including phenoxy) is 1. The molecule has 0 aliphatic carbocycles. The van der Waals surface area contributed by atoms with Crippen molar-refractivity contribution in [1.82, 2.24) is 15.2 Å². The van der Waals surface area contributed by atoms with Gasteiger partial charge in [0, 0.05) is 10.9 Å².